The zero-order chi connectivity index (χ0) is 21.9. The van der Waals surface area contributed by atoms with Crippen LogP contribution < -0.4 is 4.90 Å². The molecular formula is C27H37N3O2. The van der Waals surface area contributed by atoms with Gasteiger partial charge in [0.25, 0.3) is 0 Å². The number of piperidine rings is 1. The molecule has 172 valence electrons. The van der Waals surface area contributed by atoms with Gasteiger partial charge in [-0.3, -0.25) is 0 Å². The number of nitrogens with zero attached hydrogens (tertiary/aromatic N) is 3. The summed E-state index contributed by atoms with van der Waals surface area (Å²) in [6, 6.07) is 9.33. The minimum absolute atomic E-state index is 0.516. The topological polar surface area (TPSA) is 28.2 Å². The first-order valence-electron chi connectivity index (χ1n) is 12.3. The Morgan fingerprint density at radius 2 is 1.78 bits per heavy atom. The van der Waals surface area contributed by atoms with Crippen molar-refractivity contribution in [1.82, 2.24) is 9.80 Å². The standard InChI is InChI=1S/C27H37N3O2/c1-28-15-10-23(11-16-28)30-24-9-4-3-8-21(24)18-22-19-26(31-2)27(20-25(22)30)32-17-7-14-29-12-5-6-13-29/h3-4,8-9,18,20,23H,5-7,10-17,19H2,1-2H3. The first-order valence-corrected chi connectivity index (χ1v) is 12.3. The smallest absolute Gasteiger partial charge is 0.159 e. The van der Waals surface area contributed by atoms with Crippen molar-refractivity contribution in [2.45, 2.75) is 44.6 Å². The molecule has 0 bridgehead atoms. The van der Waals surface area contributed by atoms with Crippen LogP contribution in [0.1, 0.15) is 44.1 Å². The number of hydrogen-bond donors (Lipinski definition) is 0. The van der Waals surface area contributed by atoms with Gasteiger partial charge in [0.1, 0.15) is 5.76 Å². The lowest BCUT2D eigenvalue weighted by Crippen LogP contribution is -2.45. The molecule has 0 unspecified atom stereocenters. The summed E-state index contributed by atoms with van der Waals surface area (Å²) in [7, 11) is 4.00. The second-order valence-electron chi connectivity index (χ2n) is 9.58. The van der Waals surface area contributed by atoms with Crippen molar-refractivity contribution in [1.29, 1.82) is 0 Å². The van der Waals surface area contributed by atoms with E-state index in [2.05, 4.69) is 58.2 Å². The van der Waals surface area contributed by atoms with E-state index in [4.69, 9.17) is 9.47 Å². The summed E-state index contributed by atoms with van der Waals surface area (Å²) in [5, 5.41) is 0. The van der Waals surface area contributed by atoms with Gasteiger partial charge in [0, 0.05) is 36.5 Å². The summed E-state index contributed by atoms with van der Waals surface area (Å²) in [5.41, 5.74) is 5.27. The zero-order valence-corrected chi connectivity index (χ0v) is 19.7. The normalized spacial score (nSPS) is 22.4. The Hall–Kier alpha value is -2.24. The lowest BCUT2D eigenvalue weighted by molar-refractivity contribution is 0.169. The molecule has 0 atom stereocenters. The molecule has 0 amide bonds. The average molecular weight is 436 g/mol. The Morgan fingerprint density at radius 1 is 1.00 bits per heavy atom. The molecule has 1 aromatic carbocycles. The van der Waals surface area contributed by atoms with Crippen LogP contribution in [0.15, 0.2) is 53.1 Å². The van der Waals surface area contributed by atoms with Crippen LogP contribution in [-0.2, 0) is 9.47 Å². The molecule has 0 N–H and O–H groups in total. The molecule has 3 aliphatic heterocycles. The Labute approximate surface area is 193 Å². The third-order valence-electron chi connectivity index (χ3n) is 7.38. The number of rotatable bonds is 7. The van der Waals surface area contributed by atoms with Crippen LogP contribution in [0.25, 0.3) is 6.08 Å². The monoisotopic (exact) mass is 435 g/mol. The lowest BCUT2D eigenvalue weighted by Gasteiger charge is -2.44. The number of fused-ring (bicyclic) bond motifs is 2. The highest BCUT2D eigenvalue weighted by Gasteiger charge is 2.34. The highest BCUT2D eigenvalue weighted by molar-refractivity contribution is 5.81. The molecular weight excluding hydrogens is 398 g/mol. The number of ether oxygens (including phenoxy) is 2. The van der Waals surface area contributed by atoms with Gasteiger partial charge in [-0.15, -0.1) is 0 Å². The summed E-state index contributed by atoms with van der Waals surface area (Å²) in [5.74, 6) is 1.86. The van der Waals surface area contributed by atoms with Crippen LogP contribution in [0, 0.1) is 0 Å². The fourth-order valence-electron chi connectivity index (χ4n) is 5.56. The van der Waals surface area contributed by atoms with Gasteiger partial charge in [-0.1, -0.05) is 18.2 Å². The molecule has 2 fully saturated rings. The van der Waals surface area contributed by atoms with Crippen LogP contribution in [-0.4, -0.2) is 69.3 Å². The van der Waals surface area contributed by atoms with E-state index in [1.54, 1.807) is 7.11 Å². The zero-order valence-electron chi connectivity index (χ0n) is 19.7. The lowest BCUT2D eigenvalue weighted by atomic mass is 9.89. The van der Waals surface area contributed by atoms with E-state index in [1.807, 2.05) is 0 Å². The number of para-hydroxylation sites is 1. The van der Waals surface area contributed by atoms with Crippen molar-refractivity contribution in [3.63, 3.8) is 0 Å². The minimum Gasteiger partial charge on any atom is -0.497 e. The molecule has 3 heterocycles. The van der Waals surface area contributed by atoms with Crippen molar-refractivity contribution in [3.8, 4) is 0 Å². The summed E-state index contributed by atoms with van der Waals surface area (Å²) in [6.45, 7) is 6.66. The molecule has 5 heteroatoms. The molecule has 4 aliphatic rings. The van der Waals surface area contributed by atoms with Gasteiger partial charge in [0.15, 0.2) is 5.76 Å². The molecule has 0 radical (unpaired) electrons. The molecule has 32 heavy (non-hydrogen) atoms. The molecule has 0 saturated carbocycles. The predicted molar refractivity (Wildman–Crippen MR) is 130 cm³/mol. The number of likely N-dealkylation sites (tertiary alicyclic amines) is 2. The minimum atomic E-state index is 0.516. The predicted octanol–water partition coefficient (Wildman–Crippen LogP) is 4.63. The van der Waals surface area contributed by atoms with Crippen molar-refractivity contribution < 1.29 is 9.47 Å². The van der Waals surface area contributed by atoms with Crippen LogP contribution in [0.2, 0.25) is 0 Å². The van der Waals surface area contributed by atoms with Gasteiger partial charge < -0.3 is 24.2 Å². The van der Waals surface area contributed by atoms with Gasteiger partial charge in [0.05, 0.1) is 13.7 Å². The van der Waals surface area contributed by atoms with Crippen LogP contribution in [0.5, 0.6) is 0 Å². The molecule has 5 nitrogen and oxygen atoms in total. The number of anilines is 1. The maximum Gasteiger partial charge on any atom is 0.159 e. The van der Waals surface area contributed by atoms with E-state index in [0.29, 0.717) is 6.04 Å². The fraction of sp³-hybridized carbons (Fsp3) is 0.556. The second kappa shape index (κ2) is 9.72. The number of benzene rings is 1. The molecule has 5 rings (SSSR count). The quantitative estimate of drug-likeness (QED) is 0.582. The Kier molecular flexibility index (Phi) is 6.56. The van der Waals surface area contributed by atoms with Crippen LogP contribution >= 0.6 is 0 Å². The number of allylic oxidation sites excluding steroid dienone is 3. The van der Waals surface area contributed by atoms with E-state index in [0.717, 1.165) is 50.6 Å². The largest absolute Gasteiger partial charge is 0.497 e. The second-order valence-corrected chi connectivity index (χ2v) is 9.58. The van der Waals surface area contributed by atoms with Gasteiger partial charge >= 0.3 is 0 Å². The van der Waals surface area contributed by atoms with Crippen LogP contribution in [0.4, 0.5) is 5.69 Å². The molecule has 0 aromatic heterocycles. The summed E-state index contributed by atoms with van der Waals surface area (Å²) in [6.07, 6.45) is 11.5. The third kappa shape index (κ3) is 4.46. The van der Waals surface area contributed by atoms with Gasteiger partial charge in [0.2, 0.25) is 0 Å². The summed E-state index contributed by atoms with van der Waals surface area (Å²) >= 11 is 0. The molecule has 0 spiro atoms. The van der Waals surface area contributed by atoms with Crippen molar-refractivity contribution >= 4 is 11.8 Å². The van der Waals surface area contributed by atoms with Crippen molar-refractivity contribution in [2.24, 2.45) is 0 Å². The van der Waals surface area contributed by atoms with E-state index in [9.17, 15) is 0 Å². The third-order valence-corrected chi connectivity index (χ3v) is 7.38. The highest BCUT2D eigenvalue weighted by atomic mass is 16.5. The van der Waals surface area contributed by atoms with E-state index >= 15 is 0 Å². The maximum absolute atomic E-state index is 6.33. The Balaban J connectivity index is 1.38. The summed E-state index contributed by atoms with van der Waals surface area (Å²) < 4.78 is 12.1. The van der Waals surface area contributed by atoms with Gasteiger partial charge in [-0.25, -0.2) is 0 Å². The van der Waals surface area contributed by atoms with Gasteiger partial charge in [-0.2, -0.15) is 0 Å². The van der Waals surface area contributed by atoms with Crippen molar-refractivity contribution in [3.05, 3.63) is 58.7 Å². The average Bonchev–Trinajstić information content (AvgIpc) is 3.34. The fourth-order valence-corrected chi connectivity index (χ4v) is 5.56. The molecule has 2 saturated heterocycles. The van der Waals surface area contributed by atoms with E-state index < -0.39 is 0 Å². The van der Waals surface area contributed by atoms with E-state index in [1.165, 1.54) is 61.3 Å². The first kappa shape index (κ1) is 21.6. The highest BCUT2D eigenvalue weighted by Crippen LogP contribution is 2.43. The van der Waals surface area contributed by atoms with Crippen molar-refractivity contribution in [2.75, 3.05) is 58.4 Å². The number of methoxy groups -OCH3 is 1. The van der Waals surface area contributed by atoms with E-state index in [-0.39, 0.29) is 0 Å². The molecule has 1 aromatic rings. The number of hydrogen-bond acceptors (Lipinski definition) is 5. The Morgan fingerprint density at radius 3 is 2.56 bits per heavy atom. The summed E-state index contributed by atoms with van der Waals surface area (Å²) in [4.78, 5) is 7.59. The Bertz CT molecular complexity index is 905. The first-order chi connectivity index (χ1) is 15.7. The maximum atomic E-state index is 6.33. The van der Waals surface area contributed by atoms with Crippen LogP contribution in [0.3, 0.4) is 0 Å². The SMILES string of the molecule is COC1=C(OCCCN2CCCC2)C=C2C(=Cc3ccccc3N2C2CCN(C)CC2)C1. The molecule has 1 aliphatic carbocycles. The van der Waals surface area contributed by atoms with Gasteiger partial charge in [-0.05, 0) is 88.6 Å².